The summed E-state index contributed by atoms with van der Waals surface area (Å²) in [6.07, 6.45) is 15.1. The molecule has 1 aromatic carbocycles. The molecule has 22 heavy (non-hydrogen) atoms. The van der Waals surface area contributed by atoms with Gasteiger partial charge in [0.15, 0.2) is 0 Å². The van der Waals surface area contributed by atoms with E-state index in [-0.39, 0.29) is 0 Å². The maximum atomic E-state index is 4.14. The van der Waals surface area contributed by atoms with Crippen molar-refractivity contribution >= 4 is 0 Å². The fourth-order valence-electron chi connectivity index (χ4n) is 3.46. The van der Waals surface area contributed by atoms with Crippen molar-refractivity contribution in [2.45, 2.75) is 63.6 Å². The number of nitrogens with zero attached hydrogens (tertiary/aromatic N) is 2. The molecule has 0 saturated heterocycles. The number of hydrogen-bond donors (Lipinski definition) is 1. The van der Waals surface area contributed by atoms with Crippen LogP contribution in [0.2, 0.25) is 0 Å². The Bertz CT molecular complexity index is 513. The zero-order valence-electron chi connectivity index (χ0n) is 13.3. The van der Waals surface area contributed by atoms with Gasteiger partial charge in [0.2, 0.25) is 0 Å². The smallest absolute Gasteiger partial charge is 0.0945 e. The summed E-state index contributed by atoms with van der Waals surface area (Å²) in [5.74, 6) is 0. The second-order valence-corrected chi connectivity index (χ2v) is 6.41. The van der Waals surface area contributed by atoms with Gasteiger partial charge in [-0.05, 0) is 24.8 Å². The van der Waals surface area contributed by atoms with Gasteiger partial charge in [-0.3, -0.25) is 0 Å². The Morgan fingerprint density at radius 2 is 1.86 bits per heavy atom. The molecule has 2 aromatic rings. The summed E-state index contributed by atoms with van der Waals surface area (Å²) >= 11 is 0. The molecule has 1 saturated carbocycles. The highest BCUT2D eigenvalue weighted by Crippen LogP contribution is 2.23. The van der Waals surface area contributed by atoms with Gasteiger partial charge in [0.25, 0.3) is 0 Å². The number of aryl methyl sites for hydroxylation is 1. The first-order valence-electron chi connectivity index (χ1n) is 8.68. The normalized spacial score (nSPS) is 18.0. The van der Waals surface area contributed by atoms with Crippen molar-refractivity contribution in [1.29, 1.82) is 0 Å². The third-order valence-electron chi connectivity index (χ3n) is 4.73. The Hall–Kier alpha value is -1.61. The van der Waals surface area contributed by atoms with Crippen molar-refractivity contribution in [3.05, 3.63) is 54.6 Å². The van der Waals surface area contributed by atoms with Crippen LogP contribution in [-0.4, -0.2) is 15.6 Å². The maximum absolute atomic E-state index is 4.14. The average Bonchev–Trinajstić information content (AvgIpc) is 2.95. The zero-order chi connectivity index (χ0) is 15.0. The Balaban J connectivity index is 1.65. The topological polar surface area (TPSA) is 29.9 Å². The molecule has 1 aliphatic rings. The van der Waals surface area contributed by atoms with Crippen molar-refractivity contribution in [3.8, 4) is 0 Å². The van der Waals surface area contributed by atoms with Gasteiger partial charge in [0, 0.05) is 31.0 Å². The minimum Gasteiger partial charge on any atom is -0.337 e. The fraction of sp³-hybridized carbons (Fsp3) is 0.526. The average molecular weight is 297 g/mol. The molecule has 3 rings (SSSR count). The lowest BCUT2D eigenvalue weighted by molar-refractivity contribution is 0.371. The van der Waals surface area contributed by atoms with Crippen LogP contribution in [0.15, 0.2) is 49.1 Å². The molecule has 0 unspecified atom stereocenters. The fourth-order valence-corrected chi connectivity index (χ4v) is 3.46. The predicted octanol–water partition coefficient (Wildman–Crippen LogP) is 4.33. The Morgan fingerprint density at radius 1 is 1.09 bits per heavy atom. The molecule has 1 fully saturated rings. The van der Waals surface area contributed by atoms with Gasteiger partial charge in [-0.15, -0.1) is 0 Å². The highest BCUT2D eigenvalue weighted by atomic mass is 15.0. The van der Waals surface area contributed by atoms with Crippen LogP contribution in [0.5, 0.6) is 0 Å². The van der Waals surface area contributed by atoms with Gasteiger partial charge in [-0.25, -0.2) is 4.98 Å². The van der Waals surface area contributed by atoms with Crippen LogP contribution < -0.4 is 5.32 Å². The monoisotopic (exact) mass is 297 g/mol. The van der Waals surface area contributed by atoms with E-state index in [9.17, 15) is 0 Å². The number of hydrogen-bond acceptors (Lipinski definition) is 2. The Morgan fingerprint density at radius 3 is 2.55 bits per heavy atom. The molecule has 1 aliphatic carbocycles. The molecular weight excluding hydrogens is 270 g/mol. The highest BCUT2D eigenvalue weighted by Gasteiger charge is 2.18. The van der Waals surface area contributed by atoms with Gasteiger partial charge in [-0.2, -0.15) is 0 Å². The maximum Gasteiger partial charge on any atom is 0.0945 e. The van der Waals surface area contributed by atoms with E-state index in [4.69, 9.17) is 0 Å². The summed E-state index contributed by atoms with van der Waals surface area (Å²) in [6, 6.07) is 12.0. The molecule has 0 radical (unpaired) electrons. The molecule has 1 atom stereocenters. The minimum absolute atomic E-state index is 0.437. The van der Waals surface area contributed by atoms with Crippen molar-refractivity contribution < 1.29 is 0 Å². The van der Waals surface area contributed by atoms with E-state index in [0.29, 0.717) is 12.1 Å². The van der Waals surface area contributed by atoms with Crippen LogP contribution in [-0.2, 0) is 6.54 Å². The summed E-state index contributed by atoms with van der Waals surface area (Å²) in [4.78, 5) is 4.14. The first kappa shape index (κ1) is 15.3. The van der Waals surface area contributed by atoms with Gasteiger partial charge in [0.1, 0.15) is 0 Å². The summed E-state index contributed by atoms with van der Waals surface area (Å²) < 4.78 is 2.17. The van der Waals surface area contributed by atoms with E-state index in [0.717, 1.165) is 13.0 Å². The standard InChI is InChI=1S/C19H27N3/c1-2-7-11-18(10-6-1)21-19(17-8-4-3-5-9-17)12-14-22-15-13-20-16-22/h3-5,8-9,13,15-16,18-19,21H,1-2,6-7,10-12,14H2/t19-/m0/s1. The lowest BCUT2D eigenvalue weighted by Gasteiger charge is -2.25. The Kier molecular flexibility index (Phi) is 5.66. The number of nitrogens with one attached hydrogen (secondary N) is 1. The van der Waals surface area contributed by atoms with Gasteiger partial charge in [0.05, 0.1) is 6.33 Å². The van der Waals surface area contributed by atoms with Crippen LogP contribution in [0.25, 0.3) is 0 Å². The van der Waals surface area contributed by atoms with E-state index in [1.807, 2.05) is 18.7 Å². The van der Waals surface area contributed by atoms with Gasteiger partial charge in [-0.1, -0.05) is 56.0 Å². The molecule has 0 amide bonds. The predicted molar refractivity (Wildman–Crippen MR) is 90.7 cm³/mol. The van der Waals surface area contributed by atoms with Crippen molar-refractivity contribution in [2.75, 3.05) is 0 Å². The summed E-state index contributed by atoms with van der Waals surface area (Å²) in [7, 11) is 0. The first-order valence-corrected chi connectivity index (χ1v) is 8.68. The second-order valence-electron chi connectivity index (χ2n) is 6.41. The van der Waals surface area contributed by atoms with E-state index in [1.165, 1.54) is 44.1 Å². The molecule has 3 heteroatoms. The molecule has 1 aromatic heterocycles. The van der Waals surface area contributed by atoms with Crippen molar-refractivity contribution in [1.82, 2.24) is 14.9 Å². The summed E-state index contributed by atoms with van der Waals surface area (Å²) in [5, 5.41) is 3.94. The number of aromatic nitrogens is 2. The largest absolute Gasteiger partial charge is 0.337 e. The van der Waals surface area contributed by atoms with Gasteiger partial charge < -0.3 is 9.88 Å². The molecule has 3 nitrogen and oxygen atoms in total. The number of benzene rings is 1. The summed E-state index contributed by atoms with van der Waals surface area (Å²) in [6.45, 7) is 1.01. The highest BCUT2D eigenvalue weighted by molar-refractivity contribution is 5.19. The molecule has 0 spiro atoms. The van der Waals surface area contributed by atoms with Crippen LogP contribution in [0.1, 0.15) is 56.6 Å². The van der Waals surface area contributed by atoms with E-state index < -0.39 is 0 Å². The van der Waals surface area contributed by atoms with E-state index in [1.54, 1.807) is 0 Å². The zero-order valence-corrected chi connectivity index (χ0v) is 13.3. The van der Waals surface area contributed by atoms with Crippen LogP contribution in [0, 0.1) is 0 Å². The molecular formula is C19H27N3. The van der Waals surface area contributed by atoms with Crippen molar-refractivity contribution in [3.63, 3.8) is 0 Å². The Labute approximate surface area is 133 Å². The van der Waals surface area contributed by atoms with Crippen LogP contribution in [0.3, 0.4) is 0 Å². The van der Waals surface area contributed by atoms with Crippen molar-refractivity contribution in [2.24, 2.45) is 0 Å². The first-order chi connectivity index (χ1) is 10.9. The van der Waals surface area contributed by atoms with E-state index >= 15 is 0 Å². The second kappa shape index (κ2) is 8.14. The quantitative estimate of drug-likeness (QED) is 0.804. The number of imidazole rings is 1. The lowest BCUT2D eigenvalue weighted by Crippen LogP contribution is -2.33. The molecule has 0 aliphatic heterocycles. The molecule has 118 valence electrons. The van der Waals surface area contributed by atoms with Crippen LogP contribution in [0.4, 0.5) is 0 Å². The van der Waals surface area contributed by atoms with Crippen LogP contribution >= 0.6 is 0 Å². The minimum atomic E-state index is 0.437. The SMILES string of the molecule is c1ccc([C@H](CCn2ccnc2)NC2CCCCCC2)cc1. The summed E-state index contributed by atoms with van der Waals surface area (Å²) in [5.41, 5.74) is 1.41. The van der Waals surface area contributed by atoms with Gasteiger partial charge >= 0.3 is 0 Å². The lowest BCUT2D eigenvalue weighted by atomic mass is 10.0. The molecule has 0 bridgehead atoms. The molecule has 1 heterocycles. The molecule has 1 N–H and O–H groups in total. The third-order valence-corrected chi connectivity index (χ3v) is 4.73. The van der Waals surface area contributed by atoms with E-state index in [2.05, 4.69) is 45.2 Å². The number of rotatable bonds is 6. The third kappa shape index (κ3) is 4.44.